The lowest BCUT2D eigenvalue weighted by Gasteiger charge is -2.15. The Morgan fingerprint density at radius 3 is 2.61 bits per heavy atom. The number of rotatable bonds is 9. The molecule has 1 aliphatic carbocycles. The summed E-state index contributed by atoms with van der Waals surface area (Å²) >= 11 is 5.92. The molecular formula is C23H23ClF3N9O2. The van der Waals surface area contributed by atoms with Gasteiger partial charge in [0.05, 0.1) is 18.4 Å². The Kier molecular flexibility index (Phi) is 6.71. The van der Waals surface area contributed by atoms with Gasteiger partial charge in [0.15, 0.2) is 17.8 Å². The van der Waals surface area contributed by atoms with E-state index < -0.39 is 24.5 Å². The van der Waals surface area contributed by atoms with Crippen molar-refractivity contribution in [2.24, 2.45) is 5.73 Å². The third-order valence-electron chi connectivity index (χ3n) is 6.16. The second-order valence-electron chi connectivity index (χ2n) is 9.15. The van der Waals surface area contributed by atoms with Crippen molar-refractivity contribution in [3.63, 3.8) is 0 Å². The van der Waals surface area contributed by atoms with E-state index in [1.54, 1.807) is 18.5 Å². The number of anilines is 1. The Hall–Kier alpha value is -3.75. The van der Waals surface area contributed by atoms with Gasteiger partial charge in [0, 0.05) is 28.9 Å². The molecule has 200 valence electrons. The summed E-state index contributed by atoms with van der Waals surface area (Å²) in [4.78, 5) is 21.4. The minimum Gasteiger partial charge on any atom is -0.382 e. The number of nitrogens with zero attached hydrogens (tertiary/aromatic N) is 7. The van der Waals surface area contributed by atoms with E-state index in [1.807, 2.05) is 0 Å². The Morgan fingerprint density at radius 1 is 1.18 bits per heavy atom. The van der Waals surface area contributed by atoms with Crippen LogP contribution in [-0.4, -0.2) is 63.6 Å². The predicted octanol–water partition coefficient (Wildman–Crippen LogP) is 2.22. The first-order valence-corrected chi connectivity index (χ1v) is 12.0. The van der Waals surface area contributed by atoms with Gasteiger partial charge in [0.25, 0.3) is 0 Å². The average Bonchev–Trinajstić information content (AvgIpc) is 3.31. The summed E-state index contributed by atoms with van der Waals surface area (Å²) in [5.41, 5.74) is 6.76. The van der Waals surface area contributed by atoms with Crippen molar-refractivity contribution in [2.75, 3.05) is 11.9 Å². The monoisotopic (exact) mass is 549 g/mol. The van der Waals surface area contributed by atoms with Crippen LogP contribution in [0.3, 0.4) is 0 Å². The first-order valence-electron chi connectivity index (χ1n) is 11.6. The number of aromatic nitrogens is 7. The third kappa shape index (κ3) is 5.56. The van der Waals surface area contributed by atoms with Gasteiger partial charge in [0.1, 0.15) is 18.6 Å². The molecule has 0 spiro atoms. The zero-order valence-corrected chi connectivity index (χ0v) is 20.6. The summed E-state index contributed by atoms with van der Waals surface area (Å²) < 4.78 is 42.4. The molecule has 38 heavy (non-hydrogen) atoms. The molecule has 0 bridgehead atoms. The third-order valence-corrected chi connectivity index (χ3v) is 6.41. The molecule has 5 rings (SSSR count). The lowest BCUT2D eigenvalue weighted by atomic mass is 10.2. The maximum absolute atomic E-state index is 13.1. The quantitative estimate of drug-likeness (QED) is 0.288. The summed E-state index contributed by atoms with van der Waals surface area (Å²) in [5, 5.41) is 22.0. The number of benzene rings is 1. The molecule has 1 atom stereocenters. The van der Waals surface area contributed by atoms with E-state index in [1.165, 1.54) is 35.3 Å². The van der Waals surface area contributed by atoms with Crippen molar-refractivity contribution >= 4 is 17.3 Å². The average molecular weight is 550 g/mol. The Bertz CT molecular complexity index is 1490. The highest BCUT2D eigenvalue weighted by atomic mass is 35.5. The molecule has 15 heteroatoms. The summed E-state index contributed by atoms with van der Waals surface area (Å²) in [7, 11) is 0. The number of alkyl halides is 3. The van der Waals surface area contributed by atoms with Crippen LogP contribution >= 0.6 is 11.6 Å². The van der Waals surface area contributed by atoms with Crippen LogP contribution in [0.2, 0.25) is 5.02 Å². The molecule has 0 radical (unpaired) electrons. The maximum atomic E-state index is 13.1. The lowest BCUT2D eigenvalue weighted by molar-refractivity contribution is -0.207. The van der Waals surface area contributed by atoms with Gasteiger partial charge in [-0.25, -0.2) is 19.1 Å². The first kappa shape index (κ1) is 25.9. The Balaban J connectivity index is 1.43. The standard InChI is InChI=1S/C23H23ClF3N9O2/c24-15-3-1-14(2-4-15)20-33-35(21(38)34(20)10-18(37)23(25,26)27)11-19-31-13-36(32-19)17-9-29-8-5-16(17)30-12-22(28)6-7-22/h1-5,8-9,13,18,37H,6-7,10-12,28H2,(H,29,30). The highest BCUT2D eigenvalue weighted by Gasteiger charge is 2.39. The number of pyridine rings is 1. The Labute approximate surface area is 218 Å². The van der Waals surface area contributed by atoms with Gasteiger partial charge in [-0.1, -0.05) is 11.6 Å². The molecule has 1 saturated carbocycles. The fourth-order valence-electron chi connectivity index (χ4n) is 3.74. The molecule has 4 N–H and O–H groups in total. The molecule has 3 aromatic heterocycles. The number of aliphatic hydroxyl groups excluding tert-OH is 1. The molecule has 0 amide bonds. The second-order valence-corrected chi connectivity index (χ2v) is 9.59. The Morgan fingerprint density at radius 2 is 1.92 bits per heavy atom. The van der Waals surface area contributed by atoms with Crippen LogP contribution in [0, 0.1) is 0 Å². The van der Waals surface area contributed by atoms with Gasteiger partial charge < -0.3 is 16.2 Å². The number of nitrogens with one attached hydrogen (secondary N) is 1. The molecule has 11 nitrogen and oxygen atoms in total. The number of hydrogen-bond acceptors (Lipinski definition) is 8. The van der Waals surface area contributed by atoms with Crippen molar-refractivity contribution in [1.29, 1.82) is 0 Å². The van der Waals surface area contributed by atoms with E-state index in [-0.39, 0.29) is 23.7 Å². The van der Waals surface area contributed by atoms with Crippen LogP contribution < -0.4 is 16.7 Å². The van der Waals surface area contributed by atoms with Gasteiger partial charge in [-0.2, -0.15) is 13.2 Å². The fourth-order valence-corrected chi connectivity index (χ4v) is 3.87. The smallest absolute Gasteiger partial charge is 0.382 e. The first-order chi connectivity index (χ1) is 18.0. The summed E-state index contributed by atoms with van der Waals surface area (Å²) in [5.74, 6) is 0.118. The van der Waals surface area contributed by atoms with Gasteiger partial charge >= 0.3 is 11.9 Å². The molecule has 1 aromatic carbocycles. The zero-order valence-electron chi connectivity index (χ0n) is 19.8. The molecule has 1 unspecified atom stereocenters. The number of hydrogen-bond donors (Lipinski definition) is 3. The minimum atomic E-state index is -4.92. The van der Waals surface area contributed by atoms with Crippen molar-refractivity contribution in [3.8, 4) is 17.1 Å². The maximum Gasteiger partial charge on any atom is 0.416 e. The van der Waals surface area contributed by atoms with E-state index in [0.717, 1.165) is 27.8 Å². The summed E-state index contributed by atoms with van der Waals surface area (Å²) in [6.45, 7) is -0.679. The van der Waals surface area contributed by atoms with E-state index in [4.69, 9.17) is 17.3 Å². The largest absolute Gasteiger partial charge is 0.416 e. The lowest BCUT2D eigenvalue weighted by Crippen LogP contribution is -2.37. The number of aliphatic hydroxyl groups is 1. The van der Waals surface area contributed by atoms with E-state index in [0.29, 0.717) is 22.8 Å². The molecule has 0 saturated heterocycles. The van der Waals surface area contributed by atoms with Crippen LogP contribution in [0.15, 0.2) is 53.8 Å². The topological polar surface area (TPSA) is 142 Å². The highest BCUT2D eigenvalue weighted by molar-refractivity contribution is 6.30. The second kappa shape index (κ2) is 9.85. The normalized spacial score (nSPS) is 15.4. The van der Waals surface area contributed by atoms with E-state index >= 15 is 0 Å². The van der Waals surface area contributed by atoms with E-state index in [2.05, 4.69) is 25.5 Å². The number of nitrogens with two attached hydrogens (primary N) is 1. The van der Waals surface area contributed by atoms with E-state index in [9.17, 15) is 23.1 Å². The van der Waals surface area contributed by atoms with Gasteiger partial charge in [0.2, 0.25) is 0 Å². The number of halogens is 4. The van der Waals surface area contributed by atoms with Crippen LogP contribution in [0.1, 0.15) is 18.7 Å². The minimum absolute atomic E-state index is 0.0658. The molecule has 1 fully saturated rings. The zero-order chi connectivity index (χ0) is 27.1. The molecule has 3 heterocycles. The van der Waals surface area contributed by atoms with Crippen molar-refractivity contribution < 1.29 is 18.3 Å². The molecule has 0 aliphatic heterocycles. The van der Waals surface area contributed by atoms with Crippen molar-refractivity contribution in [3.05, 3.63) is 70.4 Å². The summed E-state index contributed by atoms with van der Waals surface area (Å²) in [6.07, 6.45) is -1.16. The van der Waals surface area contributed by atoms with Gasteiger partial charge in [-0.15, -0.1) is 10.2 Å². The molecular weight excluding hydrogens is 527 g/mol. The van der Waals surface area contributed by atoms with Crippen molar-refractivity contribution in [1.82, 2.24) is 34.1 Å². The van der Waals surface area contributed by atoms with Crippen LogP contribution in [-0.2, 0) is 13.1 Å². The molecule has 1 aliphatic rings. The molecule has 4 aromatic rings. The SMILES string of the molecule is NC1(CNc2ccncc2-n2cnc(Cn3nc(-c4ccc(Cl)cc4)n(CC(O)C(F)(F)F)c3=O)n2)CC1. The summed E-state index contributed by atoms with van der Waals surface area (Å²) in [6, 6.07) is 7.84. The fraction of sp³-hybridized carbons (Fsp3) is 0.348. The van der Waals surface area contributed by atoms with Crippen molar-refractivity contribution in [2.45, 2.75) is 43.8 Å². The highest BCUT2D eigenvalue weighted by Crippen LogP contribution is 2.32. The van der Waals surface area contributed by atoms with Gasteiger partial charge in [-0.05, 0) is 43.2 Å². The predicted molar refractivity (Wildman–Crippen MR) is 132 cm³/mol. The van der Waals surface area contributed by atoms with Crippen LogP contribution in [0.4, 0.5) is 18.9 Å². The van der Waals surface area contributed by atoms with Crippen LogP contribution in [0.5, 0.6) is 0 Å². The van der Waals surface area contributed by atoms with Crippen LogP contribution in [0.25, 0.3) is 17.1 Å². The van der Waals surface area contributed by atoms with Gasteiger partial charge in [-0.3, -0.25) is 9.55 Å².